The fourth-order valence-corrected chi connectivity index (χ4v) is 5.04. The average molecular weight is 395 g/mol. The molecule has 1 saturated heterocycles. The zero-order valence-corrected chi connectivity index (χ0v) is 16.4. The van der Waals surface area contributed by atoms with E-state index in [1.807, 2.05) is 28.5 Å². The number of fused-ring (bicyclic) bond motifs is 2. The van der Waals surface area contributed by atoms with Crippen molar-refractivity contribution in [2.45, 2.75) is 31.9 Å². The Labute approximate surface area is 167 Å². The minimum atomic E-state index is 0.0416. The summed E-state index contributed by atoms with van der Waals surface area (Å²) in [6.45, 7) is 1.13. The van der Waals surface area contributed by atoms with Crippen molar-refractivity contribution in [1.82, 2.24) is 24.6 Å². The quantitative estimate of drug-likeness (QED) is 0.663. The molecule has 1 aliphatic heterocycles. The second-order valence-electron chi connectivity index (χ2n) is 7.36. The Kier molecular flexibility index (Phi) is 4.44. The second kappa shape index (κ2) is 7.10. The number of methoxy groups -OCH3 is 1. The van der Waals surface area contributed by atoms with Gasteiger partial charge in [-0.15, -0.1) is 11.3 Å². The lowest BCUT2D eigenvalue weighted by atomic mass is 10.1. The molecule has 2 fully saturated rings. The SMILES string of the molecule is COCc1c(C(=O)N2C[C@H]3CC[C@H]2C3)cnn1-c1nccc(-c2cccs2)n1. The Bertz CT molecular complexity index is 1000. The number of piperidine rings is 1. The molecule has 2 aliphatic rings. The van der Waals surface area contributed by atoms with Crippen molar-refractivity contribution in [1.29, 1.82) is 0 Å². The Morgan fingerprint density at radius 1 is 1.36 bits per heavy atom. The molecule has 7 nitrogen and oxygen atoms in total. The van der Waals surface area contributed by atoms with Gasteiger partial charge in [0.1, 0.15) is 0 Å². The van der Waals surface area contributed by atoms with E-state index in [-0.39, 0.29) is 12.5 Å². The summed E-state index contributed by atoms with van der Waals surface area (Å²) in [6, 6.07) is 6.26. The molecule has 1 saturated carbocycles. The lowest BCUT2D eigenvalue weighted by Crippen LogP contribution is -2.38. The van der Waals surface area contributed by atoms with Gasteiger partial charge in [0.25, 0.3) is 11.9 Å². The van der Waals surface area contributed by atoms with Crippen LogP contribution in [0.2, 0.25) is 0 Å². The van der Waals surface area contributed by atoms with Crippen LogP contribution in [0.5, 0.6) is 0 Å². The molecule has 28 heavy (non-hydrogen) atoms. The van der Waals surface area contributed by atoms with Crippen molar-refractivity contribution in [2.24, 2.45) is 5.92 Å². The number of aromatic nitrogens is 4. The van der Waals surface area contributed by atoms with Crippen LogP contribution >= 0.6 is 11.3 Å². The summed E-state index contributed by atoms with van der Waals surface area (Å²) in [5.41, 5.74) is 2.11. The maximum atomic E-state index is 13.2. The van der Waals surface area contributed by atoms with Crippen LogP contribution in [0.1, 0.15) is 35.3 Å². The van der Waals surface area contributed by atoms with E-state index in [1.165, 1.54) is 6.42 Å². The van der Waals surface area contributed by atoms with Gasteiger partial charge in [-0.3, -0.25) is 4.79 Å². The summed E-state index contributed by atoms with van der Waals surface area (Å²) >= 11 is 1.62. The number of carbonyl (C=O) groups excluding carboxylic acids is 1. The minimum absolute atomic E-state index is 0.0416. The highest BCUT2D eigenvalue weighted by Gasteiger charge is 2.41. The normalized spacial score (nSPS) is 20.8. The van der Waals surface area contributed by atoms with Crippen LogP contribution in [-0.4, -0.2) is 50.3 Å². The fraction of sp³-hybridized carbons (Fsp3) is 0.400. The first kappa shape index (κ1) is 17.5. The van der Waals surface area contributed by atoms with Gasteiger partial charge in [0.2, 0.25) is 0 Å². The highest BCUT2D eigenvalue weighted by atomic mass is 32.1. The van der Waals surface area contributed by atoms with Crippen molar-refractivity contribution < 1.29 is 9.53 Å². The molecule has 4 heterocycles. The van der Waals surface area contributed by atoms with Crippen molar-refractivity contribution in [3.63, 3.8) is 0 Å². The highest BCUT2D eigenvalue weighted by molar-refractivity contribution is 7.13. The van der Waals surface area contributed by atoms with Gasteiger partial charge in [-0.05, 0) is 42.7 Å². The Balaban J connectivity index is 1.51. The van der Waals surface area contributed by atoms with Crippen LogP contribution in [0.3, 0.4) is 0 Å². The van der Waals surface area contributed by atoms with Crippen LogP contribution in [0, 0.1) is 5.92 Å². The van der Waals surface area contributed by atoms with Crippen LogP contribution < -0.4 is 0 Å². The minimum Gasteiger partial charge on any atom is -0.378 e. The Morgan fingerprint density at radius 2 is 2.29 bits per heavy atom. The number of rotatable bonds is 5. The molecule has 0 N–H and O–H groups in total. The molecule has 5 rings (SSSR count). The molecule has 3 aromatic heterocycles. The lowest BCUT2D eigenvalue weighted by Gasteiger charge is -2.27. The third kappa shape index (κ3) is 2.93. The Hall–Kier alpha value is -2.58. The van der Waals surface area contributed by atoms with Crippen molar-refractivity contribution in [2.75, 3.05) is 13.7 Å². The van der Waals surface area contributed by atoms with Crippen LogP contribution in [0.4, 0.5) is 0 Å². The molecule has 0 aromatic carbocycles. The van der Waals surface area contributed by atoms with Crippen LogP contribution in [-0.2, 0) is 11.3 Å². The number of nitrogens with zero attached hydrogens (tertiary/aromatic N) is 5. The fourth-order valence-electron chi connectivity index (χ4n) is 4.34. The number of ether oxygens (including phenoxy) is 1. The molecule has 0 unspecified atom stereocenters. The molecule has 0 radical (unpaired) electrons. The van der Waals surface area contributed by atoms with E-state index in [1.54, 1.807) is 35.5 Å². The van der Waals surface area contributed by atoms with E-state index in [2.05, 4.69) is 15.1 Å². The summed E-state index contributed by atoms with van der Waals surface area (Å²) in [4.78, 5) is 25.3. The smallest absolute Gasteiger partial charge is 0.257 e. The molecule has 1 aliphatic carbocycles. The first-order valence-electron chi connectivity index (χ1n) is 9.48. The maximum absolute atomic E-state index is 13.2. The molecule has 2 atom stereocenters. The van der Waals surface area contributed by atoms with Crippen LogP contribution in [0.15, 0.2) is 36.0 Å². The maximum Gasteiger partial charge on any atom is 0.257 e. The van der Waals surface area contributed by atoms with Gasteiger partial charge in [-0.25, -0.2) is 9.97 Å². The van der Waals surface area contributed by atoms with Gasteiger partial charge in [-0.2, -0.15) is 9.78 Å². The van der Waals surface area contributed by atoms with Gasteiger partial charge in [0.05, 0.1) is 34.6 Å². The van der Waals surface area contributed by atoms with Crippen molar-refractivity contribution in [3.05, 3.63) is 47.2 Å². The molecule has 8 heteroatoms. The zero-order chi connectivity index (χ0) is 19.1. The van der Waals surface area contributed by atoms with E-state index in [9.17, 15) is 4.79 Å². The standard InChI is InChI=1S/C20H21N5O2S/c1-27-12-17-15(19(26)24-11-13-4-5-14(24)9-13)10-22-25(17)20-21-7-6-16(23-20)18-3-2-8-28-18/h2-3,6-8,10,13-14H,4-5,9,11-12H2,1H3/t13-,14-/m0/s1. The summed E-state index contributed by atoms with van der Waals surface area (Å²) in [5.74, 6) is 1.14. The predicted molar refractivity (Wildman–Crippen MR) is 105 cm³/mol. The number of carbonyl (C=O) groups is 1. The third-order valence-corrected chi connectivity index (χ3v) is 6.55. The number of hydrogen-bond donors (Lipinski definition) is 0. The molecule has 0 spiro atoms. The van der Waals surface area contributed by atoms with E-state index >= 15 is 0 Å². The van der Waals surface area contributed by atoms with E-state index in [4.69, 9.17) is 4.74 Å². The monoisotopic (exact) mass is 395 g/mol. The first-order valence-corrected chi connectivity index (χ1v) is 10.4. The van der Waals surface area contributed by atoms with Gasteiger partial charge in [0, 0.05) is 25.9 Å². The van der Waals surface area contributed by atoms with E-state index in [0.29, 0.717) is 29.2 Å². The summed E-state index contributed by atoms with van der Waals surface area (Å²) < 4.78 is 7.01. The summed E-state index contributed by atoms with van der Waals surface area (Å²) in [5, 5.41) is 6.47. The third-order valence-electron chi connectivity index (χ3n) is 5.66. The number of thiophene rings is 1. The number of hydrogen-bond acceptors (Lipinski definition) is 6. The van der Waals surface area contributed by atoms with Gasteiger partial charge in [0.15, 0.2) is 0 Å². The van der Waals surface area contributed by atoms with E-state index in [0.717, 1.165) is 30.0 Å². The molecule has 3 aromatic rings. The van der Waals surface area contributed by atoms with E-state index < -0.39 is 0 Å². The Morgan fingerprint density at radius 3 is 3.00 bits per heavy atom. The molecule has 2 bridgehead atoms. The highest BCUT2D eigenvalue weighted by Crippen LogP contribution is 2.38. The number of amides is 1. The zero-order valence-electron chi connectivity index (χ0n) is 15.6. The number of likely N-dealkylation sites (tertiary alicyclic amines) is 1. The van der Waals surface area contributed by atoms with Crippen molar-refractivity contribution >= 4 is 17.2 Å². The lowest BCUT2D eigenvalue weighted by molar-refractivity contribution is 0.0698. The summed E-state index contributed by atoms with van der Waals surface area (Å²) in [7, 11) is 1.62. The predicted octanol–water partition coefficient (Wildman–Crippen LogP) is 3.16. The first-order chi connectivity index (χ1) is 13.7. The average Bonchev–Trinajstić information content (AvgIpc) is 3.52. The van der Waals surface area contributed by atoms with Crippen molar-refractivity contribution in [3.8, 4) is 16.5 Å². The van der Waals surface area contributed by atoms with Crippen LogP contribution in [0.25, 0.3) is 16.5 Å². The van der Waals surface area contributed by atoms with Gasteiger partial charge < -0.3 is 9.64 Å². The second-order valence-corrected chi connectivity index (χ2v) is 8.31. The van der Waals surface area contributed by atoms with Gasteiger partial charge >= 0.3 is 0 Å². The molecular formula is C20H21N5O2S. The summed E-state index contributed by atoms with van der Waals surface area (Å²) in [6.07, 6.45) is 6.82. The topological polar surface area (TPSA) is 73.1 Å². The molecule has 144 valence electrons. The molecule has 1 amide bonds. The van der Waals surface area contributed by atoms with Gasteiger partial charge in [-0.1, -0.05) is 6.07 Å². The largest absolute Gasteiger partial charge is 0.378 e. The molecular weight excluding hydrogens is 374 g/mol.